The van der Waals surface area contributed by atoms with E-state index in [2.05, 4.69) is 31.4 Å². The van der Waals surface area contributed by atoms with Crippen LogP contribution in [0.25, 0.3) is 5.69 Å². The lowest BCUT2D eigenvalue weighted by atomic mass is 9.92. The van der Waals surface area contributed by atoms with Crippen molar-refractivity contribution in [1.82, 2.24) is 14.7 Å². The van der Waals surface area contributed by atoms with Gasteiger partial charge >= 0.3 is 6.03 Å². The van der Waals surface area contributed by atoms with Gasteiger partial charge in [-0.2, -0.15) is 5.10 Å². The summed E-state index contributed by atoms with van der Waals surface area (Å²) in [6.45, 7) is 10.2. The third-order valence-electron chi connectivity index (χ3n) is 5.20. The molecule has 7 nitrogen and oxygen atoms in total. The number of nitrogens with zero attached hydrogens (tertiary/aromatic N) is 3. The molecule has 0 aliphatic rings. The summed E-state index contributed by atoms with van der Waals surface area (Å²) in [5.74, 6) is 0.198. The highest BCUT2D eigenvalue weighted by molar-refractivity contribution is 6.36. The number of carbonyl (C=O) groups is 2. The Bertz CT molecular complexity index is 1180. The highest BCUT2D eigenvalue weighted by Crippen LogP contribution is 2.27. The number of aryl methyl sites for hydroxylation is 1. The molecule has 0 aliphatic heterocycles. The zero-order chi connectivity index (χ0) is 25.0. The molecule has 180 valence electrons. The Balaban J connectivity index is 1.77. The van der Waals surface area contributed by atoms with Crippen molar-refractivity contribution in [1.29, 1.82) is 0 Å². The molecule has 9 heteroatoms. The highest BCUT2D eigenvalue weighted by Gasteiger charge is 2.23. The molecule has 0 bridgehead atoms. The number of hydrogen-bond donors (Lipinski definition) is 2. The van der Waals surface area contributed by atoms with E-state index in [0.717, 1.165) is 16.9 Å². The highest BCUT2D eigenvalue weighted by atomic mass is 35.5. The fraction of sp³-hybridized carbons (Fsp3) is 0.320. The van der Waals surface area contributed by atoms with E-state index in [9.17, 15) is 9.59 Å². The van der Waals surface area contributed by atoms with Crippen molar-refractivity contribution in [2.75, 3.05) is 23.7 Å². The lowest BCUT2D eigenvalue weighted by Crippen LogP contribution is -2.40. The number of hydrogen-bond acceptors (Lipinski definition) is 3. The number of rotatable bonds is 6. The third-order valence-corrected chi connectivity index (χ3v) is 5.75. The maximum Gasteiger partial charge on any atom is 0.322 e. The summed E-state index contributed by atoms with van der Waals surface area (Å²) < 4.78 is 1.71. The third kappa shape index (κ3) is 6.30. The SMILES string of the molecule is CCN(CC(=O)Nc1cc(C(C)(C)C)nn1-c1ccc(C)cc1)C(=O)Nc1ccc(Cl)cc1Cl. The van der Waals surface area contributed by atoms with Gasteiger partial charge in [0.15, 0.2) is 0 Å². The molecule has 0 aliphatic carbocycles. The number of carbonyl (C=O) groups excluding carboxylic acids is 2. The van der Waals surface area contributed by atoms with Crippen molar-refractivity contribution in [2.24, 2.45) is 0 Å². The summed E-state index contributed by atoms with van der Waals surface area (Å²) in [6.07, 6.45) is 0. The van der Waals surface area contributed by atoms with Crippen molar-refractivity contribution in [3.05, 3.63) is 69.8 Å². The molecule has 0 atom stereocenters. The minimum Gasteiger partial charge on any atom is -0.315 e. The summed E-state index contributed by atoms with van der Waals surface area (Å²) in [6, 6.07) is 14.1. The lowest BCUT2D eigenvalue weighted by molar-refractivity contribution is -0.116. The number of nitrogens with one attached hydrogen (secondary N) is 2. The Morgan fingerprint density at radius 3 is 2.29 bits per heavy atom. The van der Waals surface area contributed by atoms with Gasteiger partial charge in [0.1, 0.15) is 12.4 Å². The van der Waals surface area contributed by atoms with E-state index in [0.29, 0.717) is 28.1 Å². The van der Waals surface area contributed by atoms with Gasteiger partial charge in [-0.1, -0.05) is 61.7 Å². The lowest BCUT2D eigenvalue weighted by Gasteiger charge is -2.21. The van der Waals surface area contributed by atoms with Crippen LogP contribution < -0.4 is 10.6 Å². The second-order valence-corrected chi connectivity index (χ2v) is 9.87. The first-order valence-corrected chi connectivity index (χ1v) is 11.7. The summed E-state index contributed by atoms with van der Waals surface area (Å²) in [4.78, 5) is 27.1. The van der Waals surface area contributed by atoms with E-state index < -0.39 is 6.03 Å². The van der Waals surface area contributed by atoms with E-state index in [1.54, 1.807) is 29.8 Å². The maximum absolute atomic E-state index is 12.9. The largest absolute Gasteiger partial charge is 0.322 e. The van der Waals surface area contributed by atoms with Crippen LogP contribution in [0, 0.1) is 6.92 Å². The Labute approximate surface area is 210 Å². The molecule has 0 unspecified atom stereocenters. The Morgan fingerprint density at radius 1 is 1.03 bits per heavy atom. The molecule has 0 fully saturated rings. The minimum atomic E-state index is -0.440. The van der Waals surface area contributed by atoms with Gasteiger partial charge in [0.2, 0.25) is 5.91 Å². The Kier molecular flexibility index (Phi) is 7.89. The molecule has 0 saturated carbocycles. The van der Waals surface area contributed by atoms with Gasteiger partial charge < -0.3 is 15.5 Å². The Hall–Kier alpha value is -3.03. The van der Waals surface area contributed by atoms with Crippen LogP contribution in [0.15, 0.2) is 48.5 Å². The van der Waals surface area contributed by atoms with Crippen molar-refractivity contribution < 1.29 is 9.59 Å². The van der Waals surface area contributed by atoms with Crippen molar-refractivity contribution in [3.63, 3.8) is 0 Å². The zero-order valence-corrected chi connectivity index (χ0v) is 21.5. The molecule has 3 amide bonds. The van der Waals surface area contributed by atoms with Crippen molar-refractivity contribution >= 4 is 46.6 Å². The second-order valence-electron chi connectivity index (χ2n) is 9.03. The van der Waals surface area contributed by atoms with Crippen LogP contribution in [0.4, 0.5) is 16.3 Å². The molecule has 0 saturated heterocycles. The molecule has 1 aromatic heterocycles. The van der Waals surface area contributed by atoms with Crippen LogP contribution in [-0.2, 0) is 10.2 Å². The predicted molar refractivity (Wildman–Crippen MR) is 138 cm³/mol. The molecule has 3 rings (SSSR count). The van der Waals surface area contributed by atoms with Gasteiger partial charge in [-0.15, -0.1) is 0 Å². The van der Waals surface area contributed by atoms with E-state index >= 15 is 0 Å². The normalized spacial score (nSPS) is 11.3. The average molecular weight is 502 g/mol. The number of likely N-dealkylation sites (N-methyl/N-ethyl adjacent to an activating group) is 1. The number of urea groups is 1. The first-order valence-electron chi connectivity index (χ1n) is 11.0. The number of anilines is 2. The van der Waals surface area contributed by atoms with Crippen LogP contribution in [0.2, 0.25) is 10.0 Å². The molecule has 2 N–H and O–H groups in total. The van der Waals surface area contributed by atoms with Gasteiger partial charge in [-0.05, 0) is 44.2 Å². The molecular formula is C25H29Cl2N5O2. The van der Waals surface area contributed by atoms with E-state index in [1.165, 1.54) is 4.90 Å². The monoisotopic (exact) mass is 501 g/mol. The molecule has 2 aromatic carbocycles. The standard InChI is InChI=1S/C25H29Cl2N5O2/c1-6-31(24(34)28-20-12-9-17(26)13-19(20)27)15-23(33)29-22-14-21(25(3,4)5)30-32(22)18-10-7-16(2)8-11-18/h7-14H,6,15H2,1-5H3,(H,28,34)(H,29,33). The summed E-state index contributed by atoms with van der Waals surface area (Å²) >= 11 is 12.1. The van der Waals surface area contributed by atoms with Crippen LogP contribution in [0.1, 0.15) is 39.0 Å². The van der Waals surface area contributed by atoms with Gasteiger partial charge in [0.25, 0.3) is 0 Å². The first kappa shape index (κ1) is 25.6. The van der Waals surface area contributed by atoms with Gasteiger partial charge in [0, 0.05) is 23.0 Å². The van der Waals surface area contributed by atoms with E-state index in [1.807, 2.05) is 37.3 Å². The number of benzene rings is 2. The minimum absolute atomic E-state index is 0.141. The van der Waals surface area contributed by atoms with E-state index in [-0.39, 0.29) is 17.9 Å². The molecule has 34 heavy (non-hydrogen) atoms. The first-order chi connectivity index (χ1) is 16.0. The molecule has 0 spiro atoms. The predicted octanol–water partition coefficient (Wildman–Crippen LogP) is 6.28. The zero-order valence-electron chi connectivity index (χ0n) is 19.9. The van der Waals surface area contributed by atoms with Crippen LogP contribution in [-0.4, -0.2) is 39.7 Å². The Morgan fingerprint density at radius 2 is 1.71 bits per heavy atom. The topological polar surface area (TPSA) is 79.3 Å². The molecule has 0 radical (unpaired) electrons. The van der Waals surface area contributed by atoms with Gasteiger partial charge in [-0.25, -0.2) is 9.48 Å². The molecular weight excluding hydrogens is 473 g/mol. The van der Waals surface area contributed by atoms with Gasteiger partial charge in [0.05, 0.1) is 22.1 Å². The quantitative estimate of drug-likeness (QED) is 0.417. The maximum atomic E-state index is 12.9. The number of halogens is 2. The number of amides is 3. The van der Waals surface area contributed by atoms with Crippen LogP contribution in [0.5, 0.6) is 0 Å². The fourth-order valence-corrected chi connectivity index (χ4v) is 3.64. The fourth-order valence-electron chi connectivity index (χ4n) is 3.19. The van der Waals surface area contributed by atoms with E-state index in [4.69, 9.17) is 28.3 Å². The van der Waals surface area contributed by atoms with Crippen molar-refractivity contribution in [3.8, 4) is 5.69 Å². The summed E-state index contributed by atoms with van der Waals surface area (Å²) in [5, 5.41) is 11.1. The molecule has 1 heterocycles. The summed E-state index contributed by atoms with van der Waals surface area (Å²) in [7, 11) is 0. The smallest absolute Gasteiger partial charge is 0.315 e. The summed E-state index contributed by atoms with van der Waals surface area (Å²) in [5.41, 5.74) is 3.01. The van der Waals surface area contributed by atoms with Crippen LogP contribution in [0.3, 0.4) is 0 Å². The van der Waals surface area contributed by atoms with Crippen molar-refractivity contribution in [2.45, 2.75) is 40.0 Å². The van der Waals surface area contributed by atoms with Crippen LogP contribution >= 0.6 is 23.2 Å². The van der Waals surface area contributed by atoms with Gasteiger partial charge in [-0.3, -0.25) is 4.79 Å². The average Bonchev–Trinajstić information content (AvgIpc) is 3.18. The second kappa shape index (κ2) is 10.5. The number of aromatic nitrogens is 2. The molecule has 3 aromatic rings.